The Balaban J connectivity index is 2.48. The average Bonchev–Trinajstić information content (AvgIpc) is 2.62. The maximum atomic E-state index is 11.4. The van der Waals surface area contributed by atoms with Gasteiger partial charge in [0, 0.05) is 5.56 Å². The summed E-state index contributed by atoms with van der Waals surface area (Å²) in [5, 5.41) is 9.10. The van der Waals surface area contributed by atoms with Crippen LogP contribution in [0.15, 0.2) is 29.0 Å². The summed E-state index contributed by atoms with van der Waals surface area (Å²) < 4.78 is 5.04. The van der Waals surface area contributed by atoms with Crippen molar-refractivity contribution in [1.82, 2.24) is 4.98 Å². The van der Waals surface area contributed by atoms with Crippen LogP contribution < -0.4 is 0 Å². The van der Waals surface area contributed by atoms with Gasteiger partial charge in [0.25, 0.3) is 0 Å². The molecule has 0 saturated heterocycles. The molecule has 1 heterocycles. The quantitative estimate of drug-likeness (QED) is 0.728. The van der Waals surface area contributed by atoms with Crippen LogP contribution in [0.25, 0.3) is 11.1 Å². The molecule has 0 spiro atoms. The Bertz CT molecular complexity index is 473. The number of ketones is 1. The van der Waals surface area contributed by atoms with E-state index in [1.54, 1.807) is 18.2 Å². The highest BCUT2D eigenvalue weighted by atomic mass is 16.3. The molecule has 0 fully saturated rings. The molecule has 14 heavy (non-hydrogen) atoms. The molecule has 1 atom stereocenters. The molecule has 0 aliphatic carbocycles. The van der Waals surface area contributed by atoms with Crippen molar-refractivity contribution in [3.63, 3.8) is 0 Å². The molecule has 4 nitrogen and oxygen atoms in total. The number of Topliss-reactive ketones (excluding diaryl/α,β-unsaturated/α-hetero) is 1. The minimum absolute atomic E-state index is 0.316. The summed E-state index contributed by atoms with van der Waals surface area (Å²) in [7, 11) is 0. The molecule has 0 aliphatic rings. The zero-order chi connectivity index (χ0) is 10.1. The van der Waals surface area contributed by atoms with Crippen molar-refractivity contribution in [3.05, 3.63) is 30.2 Å². The number of aliphatic hydroxyl groups excluding tert-OH is 1. The Hall–Kier alpha value is -1.68. The van der Waals surface area contributed by atoms with Gasteiger partial charge in [-0.25, -0.2) is 4.98 Å². The van der Waals surface area contributed by atoms with E-state index < -0.39 is 6.10 Å². The number of nitrogens with zero attached hydrogens (tertiary/aromatic N) is 1. The van der Waals surface area contributed by atoms with Gasteiger partial charge in [-0.2, -0.15) is 0 Å². The third kappa shape index (κ3) is 1.40. The maximum Gasteiger partial charge on any atom is 0.191 e. The molecule has 2 rings (SSSR count). The van der Waals surface area contributed by atoms with Gasteiger partial charge in [0.2, 0.25) is 0 Å². The van der Waals surface area contributed by atoms with Crippen LogP contribution in [0.5, 0.6) is 0 Å². The van der Waals surface area contributed by atoms with Crippen LogP contribution in [0.3, 0.4) is 0 Å². The van der Waals surface area contributed by atoms with E-state index >= 15 is 0 Å². The Morgan fingerprint density at radius 3 is 3.07 bits per heavy atom. The number of hydrogen-bond acceptors (Lipinski definition) is 4. The smallest absolute Gasteiger partial charge is 0.191 e. The molecule has 0 radical (unpaired) electrons. The first kappa shape index (κ1) is 8.90. The molecule has 72 valence electrons. The second-order valence-electron chi connectivity index (χ2n) is 3.08. The van der Waals surface area contributed by atoms with Crippen LogP contribution in [0.4, 0.5) is 0 Å². The number of hydrogen-bond donors (Lipinski definition) is 1. The van der Waals surface area contributed by atoms with Crippen LogP contribution in [0, 0.1) is 0 Å². The van der Waals surface area contributed by atoms with Gasteiger partial charge in [-0.1, -0.05) is 0 Å². The van der Waals surface area contributed by atoms with Crippen LogP contribution in [0.2, 0.25) is 0 Å². The van der Waals surface area contributed by atoms with Crippen molar-refractivity contribution in [2.45, 2.75) is 13.0 Å². The Morgan fingerprint density at radius 2 is 2.36 bits per heavy atom. The van der Waals surface area contributed by atoms with Gasteiger partial charge < -0.3 is 9.52 Å². The van der Waals surface area contributed by atoms with Gasteiger partial charge in [0.15, 0.2) is 17.8 Å². The van der Waals surface area contributed by atoms with Gasteiger partial charge in [0.1, 0.15) is 11.6 Å². The molecule has 0 amide bonds. The minimum Gasteiger partial charge on any atom is -0.443 e. The van der Waals surface area contributed by atoms with Gasteiger partial charge >= 0.3 is 0 Å². The van der Waals surface area contributed by atoms with Crippen molar-refractivity contribution in [2.75, 3.05) is 0 Å². The van der Waals surface area contributed by atoms with Crippen LogP contribution in [-0.2, 0) is 0 Å². The highest BCUT2D eigenvalue weighted by Crippen LogP contribution is 2.15. The van der Waals surface area contributed by atoms with E-state index in [0.29, 0.717) is 16.7 Å². The number of carbonyl (C=O) groups excluding carboxylic acids is 1. The summed E-state index contributed by atoms with van der Waals surface area (Å²) in [6, 6.07) is 4.89. The van der Waals surface area contributed by atoms with Crippen molar-refractivity contribution in [1.29, 1.82) is 0 Å². The predicted molar refractivity (Wildman–Crippen MR) is 50.0 cm³/mol. The summed E-state index contributed by atoms with van der Waals surface area (Å²) in [6.07, 6.45) is 0.330. The summed E-state index contributed by atoms with van der Waals surface area (Å²) in [5.74, 6) is -0.316. The second-order valence-corrected chi connectivity index (χ2v) is 3.08. The zero-order valence-electron chi connectivity index (χ0n) is 7.60. The van der Waals surface area contributed by atoms with E-state index in [0.717, 1.165) is 0 Å². The first-order valence-electron chi connectivity index (χ1n) is 4.24. The molecule has 0 bridgehead atoms. The monoisotopic (exact) mass is 191 g/mol. The lowest BCUT2D eigenvalue weighted by Crippen LogP contribution is -2.15. The van der Waals surface area contributed by atoms with E-state index in [1.165, 1.54) is 13.3 Å². The van der Waals surface area contributed by atoms with E-state index in [4.69, 9.17) is 9.52 Å². The Kier molecular flexibility index (Phi) is 2.05. The molecule has 2 aromatic rings. The minimum atomic E-state index is -0.990. The van der Waals surface area contributed by atoms with Gasteiger partial charge in [0.05, 0.1) is 0 Å². The Morgan fingerprint density at radius 1 is 1.57 bits per heavy atom. The SMILES string of the molecule is CC(O)C(=O)c1ccc2ncoc2c1. The molecule has 1 N–H and O–H groups in total. The lowest BCUT2D eigenvalue weighted by atomic mass is 10.1. The first-order valence-corrected chi connectivity index (χ1v) is 4.24. The maximum absolute atomic E-state index is 11.4. The predicted octanol–water partition coefficient (Wildman–Crippen LogP) is 1.39. The summed E-state index contributed by atoms with van der Waals surface area (Å²) in [6.45, 7) is 1.44. The highest BCUT2D eigenvalue weighted by Gasteiger charge is 2.12. The van der Waals surface area contributed by atoms with Crippen molar-refractivity contribution >= 4 is 16.9 Å². The molecule has 1 unspecified atom stereocenters. The highest BCUT2D eigenvalue weighted by molar-refractivity contribution is 6.01. The summed E-state index contributed by atoms with van der Waals surface area (Å²) in [5.41, 5.74) is 1.69. The van der Waals surface area contributed by atoms with Crippen LogP contribution in [0.1, 0.15) is 17.3 Å². The normalized spacial score (nSPS) is 13.0. The number of rotatable bonds is 2. The van der Waals surface area contributed by atoms with E-state index in [1.807, 2.05) is 0 Å². The van der Waals surface area contributed by atoms with Crippen molar-refractivity contribution in [3.8, 4) is 0 Å². The largest absolute Gasteiger partial charge is 0.443 e. The average molecular weight is 191 g/mol. The van der Waals surface area contributed by atoms with E-state index in [9.17, 15) is 4.79 Å². The van der Waals surface area contributed by atoms with Crippen molar-refractivity contribution in [2.24, 2.45) is 0 Å². The molecule has 4 heteroatoms. The summed E-state index contributed by atoms with van der Waals surface area (Å²) in [4.78, 5) is 15.3. The summed E-state index contributed by atoms with van der Waals surface area (Å²) >= 11 is 0. The van der Waals surface area contributed by atoms with Crippen molar-refractivity contribution < 1.29 is 14.3 Å². The van der Waals surface area contributed by atoms with Gasteiger partial charge in [-0.3, -0.25) is 4.79 Å². The molecule has 1 aromatic carbocycles. The molecule has 1 aromatic heterocycles. The Labute approximate surface area is 80.2 Å². The molecule has 0 saturated carbocycles. The fraction of sp³-hybridized carbons (Fsp3) is 0.200. The number of aliphatic hydroxyl groups is 1. The number of carbonyl (C=O) groups is 1. The number of oxazole rings is 1. The third-order valence-electron chi connectivity index (χ3n) is 2.00. The second kappa shape index (κ2) is 3.23. The number of aromatic nitrogens is 1. The number of benzene rings is 1. The van der Waals surface area contributed by atoms with Crippen LogP contribution >= 0.6 is 0 Å². The lowest BCUT2D eigenvalue weighted by Gasteiger charge is -2.02. The van der Waals surface area contributed by atoms with E-state index in [-0.39, 0.29) is 5.78 Å². The molecular weight excluding hydrogens is 182 g/mol. The number of fused-ring (bicyclic) bond motifs is 1. The van der Waals surface area contributed by atoms with Gasteiger partial charge in [-0.05, 0) is 25.1 Å². The molecular formula is C10H9NO3. The fourth-order valence-corrected chi connectivity index (χ4v) is 1.25. The molecule has 0 aliphatic heterocycles. The van der Waals surface area contributed by atoms with E-state index in [2.05, 4.69) is 4.98 Å². The van der Waals surface area contributed by atoms with Crippen LogP contribution in [-0.4, -0.2) is 22.0 Å². The fourth-order valence-electron chi connectivity index (χ4n) is 1.25. The topological polar surface area (TPSA) is 63.3 Å². The lowest BCUT2D eigenvalue weighted by molar-refractivity contribution is 0.0779. The third-order valence-corrected chi connectivity index (χ3v) is 2.00. The first-order chi connectivity index (χ1) is 6.68. The van der Waals surface area contributed by atoms with Gasteiger partial charge in [-0.15, -0.1) is 0 Å². The zero-order valence-corrected chi connectivity index (χ0v) is 7.60. The standard InChI is InChI=1S/C10H9NO3/c1-6(12)10(13)7-2-3-8-9(4-7)14-5-11-8/h2-6,12H,1H3.